The topological polar surface area (TPSA) is 109 Å². The van der Waals surface area contributed by atoms with Gasteiger partial charge in [-0.05, 0) is 24.1 Å². The van der Waals surface area contributed by atoms with Gasteiger partial charge in [0.1, 0.15) is 0 Å². The zero-order valence-electron chi connectivity index (χ0n) is 11.6. The van der Waals surface area contributed by atoms with Crippen LogP contribution in [0.25, 0.3) is 0 Å². The Balaban J connectivity index is 3.09. The number of nitrogens with one attached hydrogen (secondary N) is 1. The van der Waals surface area contributed by atoms with Crippen molar-refractivity contribution in [1.29, 1.82) is 0 Å². The quantitative estimate of drug-likeness (QED) is 0.664. The van der Waals surface area contributed by atoms with Gasteiger partial charge in [0.25, 0.3) is 0 Å². The Labute approximate surface area is 119 Å². The van der Waals surface area contributed by atoms with Gasteiger partial charge in [-0.1, -0.05) is 26.7 Å². The molecular formula is C13H20N2O4S. The second-order valence-electron chi connectivity index (χ2n) is 4.60. The van der Waals surface area contributed by atoms with E-state index in [1.165, 1.54) is 18.2 Å². The molecule has 0 saturated heterocycles. The highest BCUT2D eigenvalue weighted by atomic mass is 32.2. The molecule has 112 valence electrons. The summed E-state index contributed by atoms with van der Waals surface area (Å²) >= 11 is 0. The van der Waals surface area contributed by atoms with Crippen LogP contribution in [0.4, 0.5) is 5.69 Å². The number of sulfonamides is 1. The van der Waals surface area contributed by atoms with Crippen LogP contribution in [0.2, 0.25) is 0 Å². The van der Waals surface area contributed by atoms with Crippen LogP contribution in [0.3, 0.4) is 0 Å². The maximum atomic E-state index is 12.2. The van der Waals surface area contributed by atoms with Gasteiger partial charge in [-0.2, -0.15) is 0 Å². The second kappa shape index (κ2) is 6.71. The van der Waals surface area contributed by atoms with Crippen molar-refractivity contribution in [2.24, 2.45) is 5.92 Å². The normalized spacial score (nSPS) is 11.8. The van der Waals surface area contributed by atoms with E-state index in [4.69, 9.17) is 10.8 Å². The van der Waals surface area contributed by atoms with E-state index in [1.807, 2.05) is 13.8 Å². The highest BCUT2D eigenvalue weighted by molar-refractivity contribution is 7.89. The summed E-state index contributed by atoms with van der Waals surface area (Å²) < 4.78 is 26.9. The monoisotopic (exact) mass is 300 g/mol. The lowest BCUT2D eigenvalue weighted by atomic mass is 10.0. The number of nitrogens with two attached hydrogens (primary N) is 1. The van der Waals surface area contributed by atoms with E-state index < -0.39 is 16.0 Å². The van der Waals surface area contributed by atoms with Gasteiger partial charge in [0.15, 0.2) is 0 Å². The van der Waals surface area contributed by atoms with E-state index in [0.29, 0.717) is 0 Å². The predicted octanol–water partition coefficient (Wildman–Crippen LogP) is 1.68. The number of anilines is 1. The molecule has 0 radical (unpaired) electrons. The third kappa shape index (κ3) is 3.94. The standard InChI is InChI=1S/C13H20N2O4S/c1-3-9(4-2)8-15-20(18,19)12-7-10(14)5-6-11(12)13(16)17/h5-7,9,15H,3-4,8,14H2,1-2H3,(H,16,17). The summed E-state index contributed by atoms with van der Waals surface area (Å²) in [6, 6.07) is 3.73. The van der Waals surface area contributed by atoms with Crippen molar-refractivity contribution >= 4 is 21.7 Å². The Hall–Kier alpha value is -1.60. The van der Waals surface area contributed by atoms with Crippen molar-refractivity contribution in [2.45, 2.75) is 31.6 Å². The van der Waals surface area contributed by atoms with Crippen molar-refractivity contribution in [3.8, 4) is 0 Å². The second-order valence-corrected chi connectivity index (χ2v) is 6.33. The maximum Gasteiger partial charge on any atom is 0.337 e. The van der Waals surface area contributed by atoms with E-state index in [2.05, 4.69) is 4.72 Å². The Bertz CT molecular complexity index is 580. The fourth-order valence-electron chi connectivity index (χ4n) is 1.82. The van der Waals surface area contributed by atoms with Crippen LogP contribution >= 0.6 is 0 Å². The molecule has 1 aromatic rings. The van der Waals surface area contributed by atoms with Gasteiger partial charge < -0.3 is 10.8 Å². The molecule has 0 heterocycles. The molecule has 0 atom stereocenters. The van der Waals surface area contributed by atoms with Gasteiger partial charge >= 0.3 is 5.97 Å². The molecule has 1 rings (SSSR count). The molecule has 7 heteroatoms. The smallest absolute Gasteiger partial charge is 0.337 e. The molecule has 1 aromatic carbocycles. The first-order valence-electron chi connectivity index (χ1n) is 6.44. The Morgan fingerprint density at radius 2 is 1.95 bits per heavy atom. The summed E-state index contributed by atoms with van der Waals surface area (Å²) in [7, 11) is -3.88. The van der Waals surface area contributed by atoms with E-state index in [0.717, 1.165) is 12.8 Å². The lowest BCUT2D eigenvalue weighted by Crippen LogP contribution is -2.30. The van der Waals surface area contributed by atoms with E-state index in [1.54, 1.807) is 0 Å². The maximum absolute atomic E-state index is 12.2. The number of aromatic carboxylic acids is 1. The Kier molecular flexibility index (Phi) is 5.52. The van der Waals surface area contributed by atoms with Crippen LogP contribution in [-0.4, -0.2) is 26.0 Å². The molecular weight excluding hydrogens is 280 g/mol. The van der Waals surface area contributed by atoms with Crippen molar-refractivity contribution in [2.75, 3.05) is 12.3 Å². The molecule has 0 aliphatic heterocycles. The summed E-state index contributed by atoms with van der Waals surface area (Å²) in [5.74, 6) is -1.08. The van der Waals surface area contributed by atoms with Crippen LogP contribution in [0.5, 0.6) is 0 Å². The van der Waals surface area contributed by atoms with Crippen LogP contribution < -0.4 is 10.5 Å². The third-order valence-electron chi connectivity index (χ3n) is 3.24. The number of carboxylic acid groups (broad SMARTS) is 1. The minimum absolute atomic E-state index is 0.206. The largest absolute Gasteiger partial charge is 0.478 e. The van der Waals surface area contributed by atoms with Crippen molar-refractivity contribution in [3.63, 3.8) is 0 Å². The van der Waals surface area contributed by atoms with Gasteiger partial charge in [0.2, 0.25) is 10.0 Å². The third-order valence-corrected chi connectivity index (χ3v) is 4.71. The lowest BCUT2D eigenvalue weighted by Gasteiger charge is -2.15. The summed E-state index contributed by atoms with van der Waals surface area (Å²) in [6.07, 6.45) is 1.70. The van der Waals surface area contributed by atoms with Gasteiger partial charge in [-0.3, -0.25) is 0 Å². The molecule has 0 aliphatic carbocycles. The molecule has 20 heavy (non-hydrogen) atoms. The average molecular weight is 300 g/mol. The summed E-state index contributed by atoms with van der Waals surface area (Å²) in [4.78, 5) is 10.8. The van der Waals surface area contributed by atoms with Crippen LogP contribution in [-0.2, 0) is 10.0 Å². The van der Waals surface area contributed by atoms with Crippen molar-refractivity contribution in [1.82, 2.24) is 4.72 Å². The fourth-order valence-corrected chi connectivity index (χ4v) is 3.17. The molecule has 6 nitrogen and oxygen atoms in total. The van der Waals surface area contributed by atoms with Crippen molar-refractivity contribution in [3.05, 3.63) is 23.8 Å². The van der Waals surface area contributed by atoms with Crippen LogP contribution in [0.15, 0.2) is 23.1 Å². The fraction of sp³-hybridized carbons (Fsp3) is 0.462. The molecule has 0 saturated carbocycles. The first-order chi connectivity index (χ1) is 9.31. The first-order valence-corrected chi connectivity index (χ1v) is 7.92. The van der Waals surface area contributed by atoms with E-state index in [-0.39, 0.29) is 28.6 Å². The molecule has 0 spiro atoms. The number of rotatable bonds is 7. The molecule has 0 fully saturated rings. The first kappa shape index (κ1) is 16.5. The zero-order chi connectivity index (χ0) is 15.3. The highest BCUT2D eigenvalue weighted by Crippen LogP contribution is 2.19. The van der Waals surface area contributed by atoms with Gasteiger partial charge in [0, 0.05) is 12.2 Å². The number of hydrogen-bond donors (Lipinski definition) is 3. The number of nitrogen functional groups attached to an aromatic ring is 1. The number of carbonyl (C=O) groups is 1. The summed E-state index contributed by atoms with van der Waals surface area (Å²) in [5.41, 5.74) is 5.47. The molecule has 0 unspecified atom stereocenters. The SMILES string of the molecule is CCC(CC)CNS(=O)(=O)c1cc(N)ccc1C(=O)O. The van der Waals surface area contributed by atoms with Crippen molar-refractivity contribution < 1.29 is 18.3 Å². The molecule has 0 bridgehead atoms. The van der Waals surface area contributed by atoms with Gasteiger partial charge in [-0.15, -0.1) is 0 Å². The van der Waals surface area contributed by atoms with E-state index in [9.17, 15) is 13.2 Å². The molecule has 0 amide bonds. The number of carboxylic acids is 1. The summed E-state index contributed by atoms with van der Waals surface area (Å²) in [5, 5.41) is 9.06. The minimum Gasteiger partial charge on any atom is -0.478 e. The summed E-state index contributed by atoms with van der Waals surface area (Å²) in [6.45, 7) is 4.24. The Morgan fingerprint density at radius 1 is 1.35 bits per heavy atom. The lowest BCUT2D eigenvalue weighted by molar-refractivity contribution is 0.0692. The number of hydrogen-bond acceptors (Lipinski definition) is 4. The highest BCUT2D eigenvalue weighted by Gasteiger charge is 2.23. The molecule has 4 N–H and O–H groups in total. The molecule has 0 aromatic heterocycles. The predicted molar refractivity (Wildman–Crippen MR) is 77.1 cm³/mol. The van der Waals surface area contributed by atoms with Crippen LogP contribution in [0, 0.1) is 5.92 Å². The molecule has 0 aliphatic rings. The zero-order valence-corrected chi connectivity index (χ0v) is 12.4. The van der Waals surface area contributed by atoms with Crippen LogP contribution in [0.1, 0.15) is 37.0 Å². The van der Waals surface area contributed by atoms with Gasteiger partial charge in [0.05, 0.1) is 10.5 Å². The van der Waals surface area contributed by atoms with E-state index >= 15 is 0 Å². The Morgan fingerprint density at radius 3 is 2.45 bits per heavy atom. The average Bonchev–Trinajstić information content (AvgIpc) is 2.39. The number of benzene rings is 1. The van der Waals surface area contributed by atoms with Gasteiger partial charge in [-0.25, -0.2) is 17.9 Å². The minimum atomic E-state index is -3.88.